The maximum absolute atomic E-state index is 6.30. The minimum atomic E-state index is 0.352. The van der Waals surface area contributed by atoms with Gasteiger partial charge in [0.25, 0.3) is 0 Å². The summed E-state index contributed by atoms with van der Waals surface area (Å²) >= 11 is 3.63. The minimum Gasteiger partial charge on any atom is -0.497 e. The SMILES string of the molecule is COc1ccc(Br)c(CC2CCCCCC2N)c1. The van der Waals surface area contributed by atoms with Gasteiger partial charge in [-0.3, -0.25) is 0 Å². The average Bonchev–Trinajstić information content (AvgIpc) is 2.58. The molecule has 0 bridgehead atoms. The van der Waals surface area contributed by atoms with E-state index in [0.29, 0.717) is 12.0 Å². The number of methoxy groups -OCH3 is 1. The zero-order valence-electron chi connectivity index (χ0n) is 11.0. The van der Waals surface area contributed by atoms with Crippen LogP contribution in [0.1, 0.15) is 37.7 Å². The van der Waals surface area contributed by atoms with E-state index in [-0.39, 0.29) is 0 Å². The van der Waals surface area contributed by atoms with Crippen LogP contribution < -0.4 is 10.5 Å². The van der Waals surface area contributed by atoms with Crippen LogP contribution in [0, 0.1) is 5.92 Å². The Bertz CT molecular complexity index is 394. The van der Waals surface area contributed by atoms with Crippen LogP contribution in [0.2, 0.25) is 0 Å². The average molecular weight is 312 g/mol. The minimum absolute atomic E-state index is 0.352. The first-order chi connectivity index (χ1) is 8.70. The van der Waals surface area contributed by atoms with Gasteiger partial charge >= 0.3 is 0 Å². The highest BCUT2D eigenvalue weighted by atomic mass is 79.9. The first-order valence-electron chi connectivity index (χ1n) is 6.78. The standard InChI is InChI=1S/C15H22BrNO/c1-18-13-7-8-14(16)12(10-13)9-11-5-3-2-4-6-15(11)17/h7-8,10-11,15H,2-6,9,17H2,1H3. The Morgan fingerprint density at radius 1 is 1.28 bits per heavy atom. The molecule has 2 unspecified atom stereocenters. The van der Waals surface area contributed by atoms with Gasteiger partial charge in [-0.25, -0.2) is 0 Å². The number of hydrogen-bond acceptors (Lipinski definition) is 2. The van der Waals surface area contributed by atoms with E-state index in [1.54, 1.807) is 7.11 Å². The monoisotopic (exact) mass is 311 g/mol. The van der Waals surface area contributed by atoms with Crippen molar-refractivity contribution in [1.29, 1.82) is 0 Å². The molecule has 0 heterocycles. The van der Waals surface area contributed by atoms with Gasteiger partial charge in [0.15, 0.2) is 0 Å². The number of benzene rings is 1. The van der Waals surface area contributed by atoms with Crippen LogP contribution >= 0.6 is 15.9 Å². The van der Waals surface area contributed by atoms with Gasteiger partial charge < -0.3 is 10.5 Å². The van der Waals surface area contributed by atoms with Gasteiger partial charge in [-0.15, -0.1) is 0 Å². The molecule has 2 atom stereocenters. The molecule has 0 radical (unpaired) electrons. The van der Waals surface area contributed by atoms with E-state index in [1.165, 1.54) is 42.1 Å². The topological polar surface area (TPSA) is 35.2 Å². The fraction of sp³-hybridized carbons (Fsp3) is 0.600. The molecule has 2 rings (SSSR count). The third-order valence-corrected chi connectivity index (χ3v) is 4.73. The van der Waals surface area contributed by atoms with Gasteiger partial charge in [-0.1, -0.05) is 35.2 Å². The number of hydrogen-bond donors (Lipinski definition) is 1. The van der Waals surface area contributed by atoms with E-state index >= 15 is 0 Å². The highest BCUT2D eigenvalue weighted by Gasteiger charge is 2.21. The summed E-state index contributed by atoms with van der Waals surface area (Å²) in [6.45, 7) is 0. The van der Waals surface area contributed by atoms with Gasteiger partial charge in [0, 0.05) is 10.5 Å². The van der Waals surface area contributed by atoms with E-state index in [4.69, 9.17) is 10.5 Å². The molecule has 0 spiro atoms. The number of nitrogens with two attached hydrogens (primary N) is 1. The van der Waals surface area contributed by atoms with Crippen LogP contribution in [0.5, 0.6) is 5.75 Å². The first kappa shape index (κ1) is 13.9. The predicted octanol–water partition coefficient (Wildman–Crippen LogP) is 3.91. The zero-order valence-corrected chi connectivity index (χ0v) is 12.6. The second kappa shape index (κ2) is 6.58. The largest absolute Gasteiger partial charge is 0.497 e. The summed E-state index contributed by atoms with van der Waals surface area (Å²) in [6.07, 6.45) is 7.43. The molecular weight excluding hydrogens is 290 g/mol. The van der Waals surface area contributed by atoms with E-state index < -0.39 is 0 Å². The van der Waals surface area contributed by atoms with Gasteiger partial charge in [0.1, 0.15) is 5.75 Å². The lowest BCUT2D eigenvalue weighted by Gasteiger charge is -2.22. The second-order valence-electron chi connectivity index (χ2n) is 5.22. The van der Waals surface area contributed by atoms with Gasteiger partial charge in [-0.2, -0.15) is 0 Å². The number of rotatable bonds is 3. The predicted molar refractivity (Wildman–Crippen MR) is 78.9 cm³/mol. The van der Waals surface area contributed by atoms with Crippen LogP contribution in [-0.4, -0.2) is 13.2 Å². The molecule has 2 N–H and O–H groups in total. The summed E-state index contributed by atoms with van der Waals surface area (Å²) < 4.78 is 6.46. The van der Waals surface area contributed by atoms with E-state index in [0.717, 1.165) is 12.2 Å². The molecule has 1 fully saturated rings. The third kappa shape index (κ3) is 3.48. The summed E-state index contributed by atoms with van der Waals surface area (Å²) in [5, 5.41) is 0. The quantitative estimate of drug-likeness (QED) is 0.859. The van der Waals surface area contributed by atoms with E-state index in [9.17, 15) is 0 Å². The second-order valence-corrected chi connectivity index (χ2v) is 6.08. The number of halogens is 1. The molecule has 1 aromatic carbocycles. The molecule has 1 aliphatic rings. The molecule has 3 heteroatoms. The fourth-order valence-corrected chi connectivity index (χ4v) is 3.19. The lowest BCUT2D eigenvalue weighted by atomic mass is 9.89. The Balaban J connectivity index is 2.11. The van der Waals surface area contributed by atoms with Crippen LogP contribution in [-0.2, 0) is 6.42 Å². The zero-order chi connectivity index (χ0) is 13.0. The Kier molecular flexibility index (Phi) is 5.07. The van der Waals surface area contributed by atoms with Crippen molar-refractivity contribution in [2.75, 3.05) is 7.11 Å². The van der Waals surface area contributed by atoms with Gasteiger partial charge in [0.2, 0.25) is 0 Å². The smallest absolute Gasteiger partial charge is 0.119 e. The molecule has 1 aromatic rings. The molecule has 1 aliphatic carbocycles. The normalized spacial score (nSPS) is 24.6. The summed E-state index contributed by atoms with van der Waals surface area (Å²) in [7, 11) is 1.71. The Labute approximate surface area is 118 Å². The summed E-state index contributed by atoms with van der Waals surface area (Å²) in [6, 6.07) is 6.53. The molecule has 2 nitrogen and oxygen atoms in total. The van der Waals surface area contributed by atoms with Crippen molar-refractivity contribution in [3.05, 3.63) is 28.2 Å². The molecule has 100 valence electrons. The maximum Gasteiger partial charge on any atom is 0.119 e. The lowest BCUT2D eigenvalue weighted by molar-refractivity contribution is 0.391. The molecule has 18 heavy (non-hydrogen) atoms. The molecule has 1 saturated carbocycles. The Hall–Kier alpha value is -0.540. The highest BCUT2D eigenvalue weighted by Crippen LogP contribution is 2.30. The molecule has 0 aliphatic heterocycles. The van der Waals surface area contributed by atoms with Gasteiger partial charge in [0.05, 0.1) is 7.11 Å². The van der Waals surface area contributed by atoms with Gasteiger partial charge in [-0.05, 0) is 48.9 Å². The molecule has 0 saturated heterocycles. The summed E-state index contributed by atoms with van der Waals surface area (Å²) in [5.74, 6) is 1.53. The van der Waals surface area contributed by atoms with Crippen LogP contribution in [0.25, 0.3) is 0 Å². The maximum atomic E-state index is 6.30. The molecule has 0 amide bonds. The summed E-state index contributed by atoms with van der Waals surface area (Å²) in [4.78, 5) is 0. The van der Waals surface area contributed by atoms with Crippen molar-refractivity contribution >= 4 is 15.9 Å². The number of ether oxygens (including phenoxy) is 1. The van der Waals surface area contributed by atoms with E-state index in [1.807, 2.05) is 6.07 Å². The molecular formula is C15H22BrNO. The fourth-order valence-electron chi connectivity index (χ4n) is 2.78. The lowest BCUT2D eigenvalue weighted by Crippen LogP contribution is -2.30. The molecule has 0 aromatic heterocycles. The highest BCUT2D eigenvalue weighted by molar-refractivity contribution is 9.10. The van der Waals surface area contributed by atoms with Crippen molar-refractivity contribution in [2.24, 2.45) is 11.7 Å². The van der Waals surface area contributed by atoms with Crippen molar-refractivity contribution < 1.29 is 4.74 Å². The Morgan fingerprint density at radius 3 is 2.83 bits per heavy atom. The van der Waals surface area contributed by atoms with Crippen molar-refractivity contribution in [1.82, 2.24) is 0 Å². The van der Waals surface area contributed by atoms with Crippen LogP contribution in [0.15, 0.2) is 22.7 Å². The third-order valence-electron chi connectivity index (χ3n) is 3.95. The first-order valence-corrected chi connectivity index (χ1v) is 7.58. The summed E-state index contributed by atoms with van der Waals surface area (Å²) in [5.41, 5.74) is 7.62. The van der Waals surface area contributed by atoms with Crippen molar-refractivity contribution in [3.8, 4) is 5.75 Å². The van der Waals surface area contributed by atoms with Crippen LogP contribution in [0.3, 0.4) is 0 Å². The van der Waals surface area contributed by atoms with E-state index in [2.05, 4.69) is 28.1 Å². The van der Waals surface area contributed by atoms with Crippen LogP contribution in [0.4, 0.5) is 0 Å². The Morgan fingerprint density at radius 2 is 2.06 bits per heavy atom. The van der Waals surface area contributed by atoms with Crippen molar-refractivity contribution in [2.45, 2.75) is 44.6 Å². The van der Waals surface area contributed by atoms with Crippen molar-refractivity contribution in [3.63, 3.8) is 0 Å².